The molecule has 2 heterocycles. The number of rotatable bonds is 8. The van der Waals surface area contributed by atoms with Gasteiger partial charge in [0.05, 0.1) is 18.2 Å². The minimum absolute atomic E-state index is 0.275. The van der Waals surface area contributed by atoms with E-state index in [1.54, 1.807) is 6.92 Å². The van der Waals surface area contributed by atoms with Crippen molar-refractivity contribution in [2.45, 2.75) is 51.9 Å². The number of aryl methyl sites for hydroxylation is 1. The van der Waals surface area contributed by atoms with E-state index in [0.29, 0.717) is 30.0 Å². The number of carbonyl (C=O) groups excluding carboxylic acids is 2. The number of nitrogens with zero attached hydrogens (tertiary/aromatic N) is 3. The van der Waals surface area contributed by atoms with Crippen molar-refractivity contribution in [1.82, 2.24) is 25.4 Å². The Morgan fingerprint density at radius 1 is 1.23 bits per heavy atom. The quantitative estimate of drug-likeness (QED) is 0.494. The fourth-order valence-corrected chi connectivity index (χ4v) is 4.39. The standard InChI is InChI=1S/C21H27N5O3S/c1-5-15-17(19(27)29-7-3)16(23-20(28)22-15)12-30-21-25-24-18(26(21)6-2)14-11-9-8-10-13(14)4/h8-11,15H,5-7,12H2,1-4H3,(H2,22,23,28)/t15-/m1/s1. The molecule has 0 unspecified atom stereocenters. The number of benzene rings is 1. The average Bonchev–Trinajstić information content (AvgIpc) is 3.14. The highest BCUT2D eigenvalue weighted by Gasteiger charge is 2.31. The molecule has 0 radical (unpaired) electrons. The Morgan fingerprint density at radius 2 is 2.00 bits per heavy atom. The summed E-state index contributed by atoms with van der Waals surface area (Å²) in [6.45, 7) is 8.74. The second-order valence-electron chi connectivity index (χ2n) is 6.83. The summed E-state index contributed by atoms with van der Waals surface area (Å²) in [6.07, 6.45) is 0.596. The summed E-state index contributed by atoms with van der Waals surface area (Å²) in [5.41, 5.74) is 3.18. The largest absolute Gasteiger partial charge is 0.463 e. The molecular formula is C21H27N5O3S. The number of amides is 2. The topological polar surface area (TPSA) is 98.1 Å². The summed E-state index contributed by atoms with van der Waals surface area (Å²) < 4.78 is 7.26. The van der Waals surface area contributed by atoms with Crippen LogP contribution in [0.1, 0.15) is 32.8 Å². The van der Waals surface area contributed by atoms with Crippen LogP contribution in [0.3, 0.4) is 0 Å². The van der Waals surface area contributed by atoms with Gasteiger partial charge in [-0.25, -0.2) is 9.59 Å². The summed E-state index contributed by atoms with van der Waals surface area (Å²) in [6, 6.07) is 7.36. The number of esters is 1. The first-order valence-corrected chi connectivity index (χ1v) is 11.1. The number of ether oxygens (including phenoxy) is 1. The Hall–Kier alpha value is -2.81. The number of urea groups is 1. The normalized spacial score (nSPS) is 16.3. The van der Waals surface area contributed by atoms with Crippen LogP contribution in [0.4, 0.5) is 4.79 Å². The fraction of sp³-hybridized carbons (Fsp3) is 0.429. The second-order valence-corrected chi connectivity index (χ2v) is 7.77. The van der Waals surface area contributed by atoms with E-state index in [2.05, 4.69) is 20.8 Å². The van der Waals surface area contributed by atoms with Gasteiger partial charge >= 0.3 is 12.0 Å². The number of hydrogen-bond acceptors (Lipinski definition) is 6. The van der Waals surface area contributed by atoms with E-state index in [1.165, 1.54) is 11.8 Å². The van der Waals surface area contributed by atoms with E-state index in [1.807, 2.05) is 49.6 Å². The lowest BCUT2D eigenvalue weighted by Gasteiger charge is -2.28. The highest BCUT2D eigenvalue weighted by molar-refractivity contribution is 7.99. The molecule has 1 aliphatic rings. The van der Waals surface area contributed by atoms with Crippen LogP contribution in [0.15, 0.2) is 40.7 Å². The summed E-state index contributed by atoms with van der Waals surface area (Å²) in [5, 5.41) is 15.0. The molecule has 0 saturated heterocycles. The molecule has 8 nitrogen and oxygen atoms in total. The minimum Gasteiger partial charge on any atom is -0.463 e. The molecule has 9 heteroatoms. The molecule has 0 spiro atoms. The highest BCUT2D eigenvalue weighted by atomic mass is 32.2. The Balaban J connectivity index is 1.90. The molecule has 30 heavy (non-hydrogen) atoms. The van der Waals surface area contributed by atoms with Crippen LogP contribution in [0, 0.1) is 6.92 Å². The van der Waals surface area contributed by atoms with Gasteiger partial charge in [0.25, 0.3) is 0 Å². The summed E-state index contributed by atoms with van der Waals surface area (Å²) in [5.74, 6) is 0.771. The zero-order chi connectivity index (χ0) is 21.7. The summed E-state index contributed by atoms with van der Waals surface area (Å²) >= 11 is 1.43. The number of hydrogen-bond donors (Lipinski definition) is 2. The maximum atomic E-state index is 12.5. The van der Waals surface area contributed by atoms with E-state index >= 15 is 0 Å². The van der Waals surface area contributed by atoms with Crippen LogP contribution >= 0.6 is 11.8 Å². The van der Waals surface area contributed by atoms with Crippen molar-refractivity contribution in [3.63, 3.8) is 0 Å². The van der Waals surface area contributed by atoms with E-state index in [9.17, 15) is 9.59 Å². The van der Waals surface area contributed by atoms with Gasteiger partial charge in [0.2, 0.25) is 0 Å². The molecule has 2 amide bonds. The fourth-order valence-electron chi connectivity index (χ4n) is 3.42. The first-order valence-electron chi connectivity index (χ1n) is 10.1. The maximum absolute atomic E-state index is 12.5. The van der Waals surface area contributed by atoms with Crippen molar-refractivity contribution >= 4 is 23.8 Å². The van der Waals surface area contributed by atoms with Crippen LogP contribution < -0.4 is 10.6 Å². The van der Waals surface area contributed by atoms with Gasteiger partial charge in [-0.2, -0.15) is 0 Å². The van der Waals surface area contributed by atoms with Crippen LogP contribution in [0.5, 0.6) is 0 Å². The molecule has 0 aliphatic carbocycles. The van der Waals surface area contributed by atoms with Crippen LogP contribution in [-0.2, 0) is 16.1 Å². The molecule has 2 aromatic rings. The van der Waals surface area contributed by atoms with E-state index in [-0.39, 0.29) is 18.7 Å². The van der Waals surface area contributed by atoms with Gasteiger partial charge in [-0.05, 0) is 32.8 Å². The SMILES string of the molecule is CCOC(=O)C1=C(CSc2nnc(-c3ccccc3C)n2CC)NC(=O)N[C@@H]1CC. The van der Waals surface area contributed by atoms with Crippen LogP contribution in [0.25, 0.3) is 11.4 Å². The highest BCUT2D eigenvalue weighted by Crippen LogP contribution is 2.28. The van der Waals surface area contributed by atoms with Gasteiger partial charge in [-0.3, -0.25) is 0 Å². The smallest absolute Gasteiger partial charge is 0.337 e. The Bertz CT molecular complexity index is 969. The zero-order valence-electron chi connectivity index (χ0n) is 17.7. The third-order valence-electron chi connectivity index (χ3n) is 4.91. The van der Waals surface area contributed by atoms with Gasteiger partial charge in [0.15, 0.2) is 11.0 Å². The molecule has 1 aliphatic heterocycles. The van der Waals surface area contributed by atoms with Gasteiger partial charge in [0, 0.05) is 23.6 Å². The molecule has 0 saturated carbocycles. The molecular weight excluding hydrogens is 402 g/mol. The van der Waals surface area contributed by atoms with Crippen molar-refractivity contribution in [2.75, 3.05) is 12.4 Å². The molecule has 1 aromatic carbocycles. The predicted molar refractivity (Wildman–Crippen MR) is 116 cm³/mol. The Labute approximate surface area is 180 Å². The van der Waals surface area contributed by atoms with Crippen LogP contribution in [-0.4, -0.2) is 45.2 Å². The lowest BCUT2D eigenvalue weighted by molar-refractivity contribution is -0.139. The third kappa shape index (κ3) is 4.51. The number of thioether (sulfide) groups is 1. The molecule has 3 rings (SSSR count). The molecule has 2 N–H and O–H groups in total. The molecule has 0 bridgehead atoms. The lowest BCUT2D eigenvalue weighted by atomic mass is 10.0. The molecule has 160 valence electrons. The van der Waals surface area contributed by atoms with Gasteiger partial charge in [-0.1, -0.05) is 43.0 Å². The van der Waals surface area contributed by atoms with Crippen LogP contribution in [0.2, 0.25) is 0 Å². The Morgan fingerprint density at radius 3 is 2.67 bits per heavy atom. The first kappa shape index (κ1) is 21.9. The number of nitrogens with one attached hydrogen (secondary N) is 2. The molecule has 1 aromatic heterocycles. The first-order chi connectivity index (χ1) is 14.5. The molecule has 1 atom stereocenters. The van der Waals surface area contributed by atoms with Crippen molar-refractivity contribution in [3.05, 3.63) is 41.1 Å². The zero-order valence-corrected chi connectivity index (χ0v) is 18.5. The average molecular weight is 430 g/mol. The van der Waals surface area contributed by atoms with E-state index in [0.717, 1.165) is 22.1 Å². The van der Waals surface area contributed by atoms with Gasteiger partial charge in [-0.15, -0.1) is 10.2 Å². The second kappa shape index (κ2) is 9.80. The van der Waals surface area contributed by atoms with Gasteiger partial charge in [0.1, 0.15) is 0 Å². The number of aromatic nitrogens is 3. The van der Waals surface area contributed by atoms with Gasteiger partial charge < -0.3 is 19.9 Å². The van der Waals surface area contributed by atoms with Crippen molar-refractivity contribution in [1.29, 1.82) is 0 Å². The minimum atomic E-state index is -0.412. The van der Waals surface area contributed by atoms with Crippen molar-refractivity contribution in [3.8, 4) is 11.4 Å². The van der Waals surface area contributed by atoms with Crippen molar-refractivity contribution in [2.24, 2.45) is 0 Å². The van der Waals surface area contributed by atoms with E-state index < -0.39 is 5.97 Å². The molecule has 0 fully saturated rings. The predicted octanol–water partition coefficient (Wildman–Crippen LogP) is 3.27. The van der Waals surface area contributed by atoms with E-state index in [4.69, 9.17) is 4.74 Å². The third-order valence-corrected chi connectivity index (χ3v) is 5.90. The van der Waals surface area contributed by atoms with Crippen molar-refractivity contribution < 1.29 is 14.3 Å². The summed E-state index contributed by atoms with van der Waals surface area (Å²) in [7, 11) is 0. The number of carbonyl (C=O) groups is 2. The lowest BCUT2D eigenvalue weighted by Crippen LogP contribution is -2.50. The Kier molecular flexibility index (Phi) is 7.15. The maximum Gasteiger partial charge on any atom is 0.337 e. The summed E-state index contributed by atoms with van der Waals surface area (Å²) in [4.78, 5) is 24.6. The monoisotopic (exact) mass is 429 g/mol.